The Kier molecular flexibility index (Phi) is 4.17. The van der Waals surface area contributed by atoms with Gasteiger partial charge in [0.25, 0.3) is 0 Å². The Hall–Kier alpha value is -2.25. The average Bonchev–Trinajstić information content (AvgIpc) is 2.51. The zero-order valence-corrected chi connectivity index (χ0v) is 15.7. The molecule has 4 heteroatoms. The summed E-state index contributed by atoms with van der Waals surface area (Å²) in [5.41, 5.74) is 3.33. The maximum atomic E-state index is 11.2. The largest absolute Gasteiger partial charge is 0.478 e. The van der Waals surface area contributed by atoms with Gasteiger partial charge in [0.1, 0.15) is 5.69 Å². The summed E-state index contributed by atoms with van der Waals surface area (Å²) in [5, 5.41) is 9.19. The first-order chi connectivity index (χ1) is 11.6. The SMILES string of the molecule is C#Cc1nc(-c2ccc3c(c2)SC(C)(C)CC3(C)C)ccc1C(=O)O. The lowest BCUT2D eigenvalue weighted by atomic mass is 9.76. The quantitative estimate of drug-likeness (QED) is 0.775. The highest BCUT2D eigenvalue weighted by atomic mass is 32.2. The monoisotopic (exact) mass is 351 g/mol. The van der Waals surface area contributed by atoms with Crippen LogP contribution >= 0.6 is 11.8 Å². The maximum absolute atomic E-state index is 11.2. The van der Waals surface area contributed by atoms with Crippen molar-refractivity contribution in [2.45, 2.75) is 49.2 Å². The van der Waals surface area contributed by atoms with Crippen LogP contribution in [0, 0.1) is 12.3 Å². The minimum Gasteiger partial charge on any atom is -0.478 e. The summed E-state index contributed by atoms with van der Waals surface area (Å²) in [7, 11) is 0. The molecule has 1 aliphatic rings. The minimum absolute atomic E-state index is 0.0563. The van der Waals surface area contributed by atoms with Crippen molar-refractivity contribution in [3.05, 3.63) is 47.2 Å². The highest BCUT2D eigenvalue weighted by Gasteiger charge is 2.38. The van der Waals surface area contributed by atoms with Crippen molar-refractivity contribution in [2.75, 3.05) is 0 Å². The number of nitrogens with zero attached hydrogens (tertiary/aromatic N) is 1. The fourth-order valence-electron chi connectivity index (χ4n) is 3.72. The smallest absolute Gasteiger partial charge is 0.338 e. The molecule has 0 saturated carbocycles. The van der Waals surface area contributed by atoms with Crippen molar-refractivity contribution in [1.82, 2.24) is 4.98 Å². The second-order valence-electron chi connectivity index (χ2n) is 7.68. The van der Waals surface area contributed by atoms with Crippen LogP contribution < -0.4 is 0 Å². The molecular formula is C21H21NO2S. The normalized spacial score (nSPS) is 17.4. The van der Waals surface area contributed by atoms with Gasteiger partial charge in [0, 0.05) is 15.2 Å². The summed E-state index contributed by atoms with van der Waals surface area (Å²) in [4.78, 5) is 16.9. The molecule has 25 heavy (non-hydrogen) atoms. The Morgan fingerprint density at radius 2 is 1.96 bits per heavy atom. The summed E-state index contributed by atoms with van der Waals surface area (Å²) in [5.74, 6) is 1.32. The van der Waals surface area contributed by atoms with E-state index in [9.17, 15) is 9.90 Å². The van der Waals surface area contributed by atoms with E-state index in [1.54, 1.807) is 6.07 Å². The predicted octanol–water partition coefficient (Wildman–Crippen LogP) is 4.98. The number of thioether (sulfide) groups is 1. The number of carbonyl (C=O) groups is 1. The number of aromatic carboxylic acids is 1. The maximum Gasteiger partial charge on any atom is 0.338 e. The van der Waals surface area contributed by atoms with Crippen molar-refractivity contribution in [2.24, 2.45) is 0 Å². The van der Waals surface area contributed by atoms with E-state index < -0.39 is 5.97 Å². The first kappa shape index (κ1) is 17.6. The zero-order chi connectivity index (χ0) is 18.4. The first-order valence-corrected chi connectivity index (χ1v) is 8.99. The second-order valence-corrected chi connectivity index (χ2v) is 9.42. The molecule has 128 valence electrons. The fourth-order valence-corrected chi connectivity index (χ4v) is 5.39. The number of hydrogen-bond donors (Lipinski definition) is 1. The van der Waals surface area contributed by atoms with E-state index in [1.165, 1.54) is 16.5 Å². The molecule has 1 aromatic carbocycles. The van der Waals surface area contributed by atoms with E-state index in [0.717, 1.165) is 12.0 Å². The number of hydrogen-bond acceptors (Lipinski definition) is 3. The molecule has 0 radical (unpaired) electrons. The minimum atomic E-state index is -1.06. The number of benzene rings is 1. The lowest BCUT2D eigenvalue weighted by Crippen LogP contribution is -2.33. The molecule has 3 nitrogen and oxygen atoms in total. The summed E-state index contributed by atoms with van der Waals surface area (Å²) in [6.45, 7) is 9.10. The van der Waals surface area contributed by atoms with Crippen LogP contribution in [0.1, 0.15) is 55.7 Å². The van der Waals surface area contributed by atoms with Gasteiger partial charge in [-0.25, -0.2) is 9.78 Å². The Morgan fingerprint density at radius 3 is 2.60 bits per heavy atom. The first-order valence-electron chi connectivity index (χ1n) is 8.18. The highest BCUT2D eigenvalue weighted by molar-refractivity contribution is 8.00. The summed E-state index contributed by atoms with van der Waals surface area (Å²) < 4.78 is 0.166. The molecule has 0 spiro atoms. The van der Waals surface area contributed by atoms with Gasteiger partial charge >= 0.3 is 5.97 Å². The number of carboxylic acids is 1. The summed E-state index contributed by atoms with van der Waals surface area (Å²) in [6, 6.07) is 9.60. The molecule has 0 saturated heterocycles. The van der Waals surface area contributed by atoms with Crippen molar-refractivity contribution < 1.29 is 9.90 Å². The third-order valence-corrected chi connectivity index (χ3v) is 5.78. The van der Waals surface area contributed by atoms with Gasteiger partial charge in [-0.2, -0.15) is 0 Å². The zero-order valence-electron chi connectivity index (χ0n) is 14.9. The van der Waals surface area contributed by atoms with Gasteiger partial charge in [-0.15, -0.1) is 18.2 Å². The van der Waals surface area contributed by atoms with Gasteiger partial charge in [0.15, 0.2) is 0 Å². The third-order valence-electron chi connectivity index (χ3n) is 4.52. The lowest BCUT2D eigenvalue weighted by Gasteiger charge is -2.41. The molecule has 0 amide bonds. The van der Waals surface area contributed by atoms with E-state index in [0.29, 0.717) is 5.69 Å². The standard InChI is InChI=1S/C21H21NO2S/c1-6-16-14(19(23)24)8-10-17(22-16)13-7-9-15-18(11-13)25-21(4,5)12-20(15,2)3/h1,7-11H,12H2,2-5H3,(H,23,24). The van der Waals surface area contributed by atoms with Crippen LogP contribution in [-0.2, 0) is 5.41 Å². The summed E-state index contributed by atoms with van der Waals surface area (Å²) in [6.07, 6.45) is 6.55. The van der Waals surface area contributed by atoms with E-state index in [1.807, 2.05) is 17.8 Å². The molecule has 2 aromatic rings. The molecule has 0 atom stereocenters. The van der Waals surface area contributed by atoms with Crippen molar-refractivity contribution >= 4 is 17.7 Å². The van der Waals surface area contributed by atoms with Gasteiger partial charge in [-0.1, -0.05) is 39.8 Å². The van der Waals surface area contributed by atoms with Gasteiger partial charge in [-0.3, -0.25) is 0 Å². The molecule has 1 N–H and O–H groups in total. The Balaban J connectivity index is 2.09. The van der Waals surface area contributed by atoms with Gasteiger partial charge in [0.05, 0.1) is 11.3 Å². The summed E-state index contributed by atoms with van der Waals surface area (Å²) >= 11 is 1.88. The molecule has 3 rings (SSSR count). The number of terminal acetylenes is 1. The average molecular weight is 351 g/mol. The van der Waals surface area contributed by atoms with Crippen LogP contribution in [0.4, 0.5) is 0 Å². The molecule has 0 bridgehead atoms. The number of aromatic nitrogens is 1. The number of rotatable bonds is 2. The molecule has 0 fully saturated rings. The number of fused-ring (bicyclic) bond motifs is 1. The van der Waals surface area contributed by atoms with Crippen molar-refractivity contribution in [1.29, 1.82) is 0 Å². The van der Waals surface area contributed by atoms with E-state index in [-0.39, 0.29) is 21.4 Å². The Bertz CT molecular complexity index is 907. The van der Waals surface area contributed by atoms with Crippen LogP contribution in [0.3, 0.4) is 0 Å². The van der Waals surface area contributed by atoms with E-state index in [2.05, 4.69) is 50.7 Å². The molecule has 2 heterocycles. The molecule has 1 aliphatic heterocycles. The van der Waals surface area contributed by atoms with Crippen molar-refractivity contribution in [3.63, 3.8) is 0 Å². The second kappa shape index (κ2) is 5.93. The molecular weight excluding hydrogens is 330 g/mol. The topological polar surface area (TPSA) is 50.2 Å². The molecule has 1 aromatic heterocycles. The third kappa shape index (κ3) is 3.29. The predicted molar refractivity (Wildman–Crippen MR) is 102 cm³/mol. The van der Waals surface area contributed by atoms with Crippen LogP contribution in [0.25, 0.3) is 11.3 Å². The van der Waals surface area contributed by atoms with Gasteiger partial charge < -0.3 is 5.11 Å². The fraction of sp³-hybridized carbons (Fsp3) is 0.333. The van der Waals surface area contributed by atoms with Crippen LogP contribution in [0.15, 0.2) is 35.2 Å². The van der Waals surface area contributed by atoms with Crippen LogP contribution in [0.2, 0.25) is 0 Å². The molecule has 0 aliphatic carbocycles. The Morgan fingerprint density at radius 1 is 1.24 bits per heavy atom. The van der Waals surface area contributed by atoms with Crippen molar-refractivity contribution in [3.8, 4) is 23.6 Å². The number of carboxylic acid groups (broad SMARTS) is 1. The van der Waals surface area contributed by atoms with Gasteiger partial charge in [-0.05, 0) is 41.5 Å². The highest BCUT2D eigenvalue weighted by Crippen LogP contribution is 2.51. The van der Waals surface area contributed by atoms with Crippen LogP contribution in [-0.4, -0.2) is 20.8 Å². The van der Waals surface area contributed by atoms with E-state index >= 15 is 0 Å². The van der Waals surface area contributed by atoms with Crippen LogP contribution in [0.5, 0.6) is 0 Å². The Labute approximate surface area is 152 Å². The molecule has 0 unspecified atom stereocenters. The van der Waals surface area contributed by atoms with E-state index in [4.69, 9.17) is 6.42 Å². The number of pyridine rings is 1. The van der Waals surface area contributed by atoms with Gasteiger partial charge in [0.2, 0.25) is 0 Å². The lowest BCUT2D eigenvalue weighted by molar-refractivity contribution is 0.0696.